The number of hydrogen-bond donors (Lipinski definition) is 0. The monoisotopic (exact) mass is 347 g/mol. The Balaban J connectivity index is 2.36. The van der Waals surface area contributed by atoms with Gasteiger partial charge in [0.05, 0.1) is 0 Å². The highest BCUT2D eigenvalue weighted by molar-refractivity contribution is 7.78. The van der Waals surface area contributed by atoms with E-state index >= 15 is 0 Å². The minimum atomic E-state index is -2.06. The zero-order valence-electron chi connectivity index (χ0n) is 14.5. The quantitative estimate of drug-likeness (QED) is 0.678. The normalized spacial score (nSPS) is 31.0. The molecular weight excluding hydrogens is 322 g/mol. The van der Waals surface area contributed by atoms with Gasteiger partial charge in [-0.05, 0) is 60.8 Å². The maximum atomic E-state index is 12.8. The first kappa shape index (κ1) is 18.2. The molecule has 1 aliphatic heterocycles. The molecule has 0 N–H and O–H groups in total. The summed E-state index contributed by atoms with van der Waals surface area (Å²) in [5.41, 5.74) is -2.86. The fourth-order valence-corrected chi connectivity index (χ4v) is 4.05. The predicted octanol–water partition coefficient (Wildman–Crippen LogP) is 2.47. The third-order valence-corrected chi connectivity index (χ3v) is 4.75. The number of ether oxygens (including phenoxy) is 2. The first-order chi connectivity index (χ1) is 10.4. The van der Waals surface area contributed by atoms with E-state index in [1.807, 2.05) is 0 Å². The molecule has 1 saturated carbocycles. The van der Waals surface area contributed by atoms with Crippen LogP contribution in [-0.4, -0.2) is 43.4 Å². The molecule has 1 aliphatic carbocycles. The van der Waals surface area contributed by atoms with Crippen molar-refractivity contribution >= 4 is 23.3 Å². The van der Waals surface area contributed by atoms with Gasteiger partial charge in [0, 0.05) is 0 Å². The van der Waals surface area contributed by atoms with E-state index in [-0.39, 0.29) is 0 Å². The molecule has 2 rings (SSSR count). The van der Waals surface area contributed by atoms with Crippen molar-refractivity contribution in [2.45, 2.75) is 83.6 Å². The van der Waals surface area contributed by atoms with E-state index in [1.54, 1.807) is 41.5 Å². The maximum absolute atomic E-state index is 12.8. The van der Waals surface area contributed by atoms with E-state index in [1.165, 1.54) is 0 Å². The van der Waals surface area contributed by atoms with Crippen molar-refractivity contribution < 1.29 is 27.5 Å². The number of fused-ring (bicyclic) bond motifs is 1. The van der Waals surface area contributed by atoms with E-state index in [0.29, 0.717) is 19.3 Å². The summed E-state index contributed by atoms with van der Waals surface area (Å²) in [4.78, 5) is 25.3. The van der Waals surface area contributed by atoms with Crippen molar-refractivity contribution in [3.63, 3.8) is 0 Å². The van der Waals surface area contributed by atoms with Gasteiger partial charge in [0.25, 0.3) is 11.3 Å². The fraction of sp³-hybridized carbons (Fsp3) is 0.867. The molecule has 0 bridgehead atoms. The summed E-state index contributed by atoms with van der Waals surface area (Å²) in [6, 6.07) is 0. The molecule has 0 spiro atoms. The predicted molar refractivity (Wildman–Crippen MR) is 83.5 cm³/mol. The van der Waals surface area contributed by atoms with Gasteiger partial charge in [-0.1, -0.05) is 0 Å². The van der Waals surface area contributed by atoms with Gasteiger partial charge in [0.15, 0.2) is 5.54 Å². The fourth-order valence-electron chi connectivity index (χ4n) is 2.80. The molecule has 2 aliphatic rings. The molecule has 1 saturated heterocycles. The van der Waals surface area contributed by atoms with Gasteiger partial charge >= 0.3 is 12.1 Å². The molecule has 1 heterocycles. The molecule has 8 heteroatoms. The van der Waals surface area contributed by atoms with E-state index in [2.05, 4.69) is 0 Å². The molecule has 3 atom stereocenters. The first-order valence-electron chi connectivity index (χ1n) is 7.72. The van der Waals surface area contributed by atoms with Crippen molar-refractivity contribution in [1.29, 1.82) is 0 Å². The van der Waals surface area contributed by atoms with Gasteiger partial charge in [-0.3, -0.25) is 4.18 Å². The topological polar surface area (TPSA) is 82.1 Å². The van der Waals surface area contributed by atoms with Crippen molar-refractivity contribution in [1.82, 2.24) is 4.31 Å². The number of carbonyl (C=O) groups excluding carboxylic acids is 2. The van der Waals surface area contributed by atoms with E-state index in [9.17, 15) is 13.8 Å². The zero-order valence-corrected chi connectivity index (χ0v) is 15.3. The molecular formula is C15H25NO6S. The molecule has 0 aromatic heterocycles. The summed E-state index contributed by atoms with van der Waals surface area (Å²) >= 11 is -2.06. The second-order valence-electron chi connectivity index (χ2n) is 7.90. The van der Waals surface area contributed by atoms with Gasteiger partial charge in [0.1, 0.15) is 17.3 Å². The molecule has 0 aromatic rings. The van der Waals surface area contributed by atoms with Crippen LogP contribution in [-0.2, 0) is 29.7 Å². The van der Waals surface area contributed by atoms with Crippen molar-refractivity contribution in [2.75, 3.05) is 0 Å². The lowest BCUT2D eigenvalue weighted by Crippen LogP contribution is -2.58. The highest BCUT2D eigenvalue weighted by Gasteiger charge is 2.66. The SMILES string of the molecule is CC(C)(C)OC(=O)N1S(=O)O[C@H]2CCC[C@]21C(=O)OC(C)(C)C. The number of amides is 1. The van der Waals surface area contributed by atoms with Crippen molar-refractivity contribution in [3.8, 4) is 0 Å². The average molecular weight is 347 g/mol. The smallest absolute Gasteiger partial charge is 0.425 e. The number of hydrogen-bond acceptors (Lipinski definition) is 6. The minimum Gasteiger partial charge on any atom is -0.458 e. The van der Waals surface area contributed by atoms with E-state index < -0.39 is 46.2 Å². The third-order valence-electron chi connectivity index (χ3n) is 3.58. The van der Waals surface area contributed by atoms with Gasteiger partial charge in [-0.25, -0.2) is 13.8 Å². The minimum absolute atomic E-state index is 0.345. The van der Waals surface area contributed by atoms with Crippen LogP contribution < -0.4 is 0 Å². The van der Waals surface area contributed by atoms with Crippen LogP contribution in [0.4, 0.5) is 4.79 Å². The number of rotatable bonds is 1. The van der Waals surface area contributed by atoms with Crippen molar-refractivity contribution in [3.05, 3.63) is 0 Å². The highest BCUT2D eigenvalue weighted by atomic mass is 32.2. The van der Waals surface area contributed by atoms with Crippen LogP contribution >= 0.6 is 0 Å². The maximum Gasteiger partial charge on any atom is 0.425 e. The molecule has 0 radical (unpaired) electrons. The summed E-state index contributed by atoms with van der Waals surface area (Å²) in [6.45, 7) is 10.4. The van der Waals surface area contributed by atoms with Crippen LogP contribution in [0.3, 0.4) is 0 Å². The third kappa shape index (κ3) is 3.52. The Hall–Kier alpha value is -1.15. The van der Waals surface area contributed by atoms with Crippen LogP contribution in [0.25, 0.3) is 0 Å². The molecule has 132 valence electrons. The highest BCUT2D eigenvalue weighted by Crippen LogP contribution is 2.46. The van der Waals surface area contributed by atoms with E-state index in [4.69, 9.17) is 13.7 Å². The van der Waals surface area contributed by atoms with Crippen LogP contribution in [0.1, 0.15) is 60.8 Å². The standard InChI is InChI=1S/C15H25NO6S/c1-13(2,3)20-11(17)15-9-7-8-10(15)22-23(19)16(15)12(18)21-14(4,5)6/h10H,7-9H2,1-6H3/t10-,15+,23?/m0/s1. The summed E-state index contributed by atoms with van der Waals surface area (Å²) in [6.07, 6.45) is 0.110. The Bertz CT molecular complexity index is 535. The van der Waals surface area contributed by atoms with Gasteiger partial charge in [-0.2, -0.15) is 4.31 Å². The first-order valence-corrected chi connectivity index (χ1v) is 8.76. The van der Waals surface area contributed by atoms with Crippen LogP contribution in [0.15, 0.2) is 0 Å². The molecule has 23 heavy (non-hydrogen) atoms. The summed E-state index contributed by atoms with van der Waals surface area (Å²) < 4.78 is 29.4. The average Bonchev–Trinajstić information content (AvgIpc) is 2.79. The Morgan fingerprint density at radius 3 is 2.22 bits per heavy atom. The zero-order chi connectivity index (χ0) is 17.6. The lowest BCUT2D eigenvalue weighted by atomic mass is 9.95. The van der Waals surface area contributed by atoms with Crippen LogP contribution in [0.5, 0.6) is 0 Å². The summed E-state index contributed by atoms with van der Waals surface area (Å²) in [5.74, 6) is -0.593. The molecule has 2 fully saturated rings. The number of carbonyl (C=O) groups is 2. The Kier molecular flexibility index (Phi) is 4.54. The molecule has 1 amide bonds. The number of esters is 1. The Labute approximate surface area is 139 Å². The van der Waals surface area contributed by atoms with Crippen LogP contribution in [0.2, 0.25) is 0 Å². The second kappa shape index (κ2) is 5.73. The van der Waals surface area contributed by atoms with Gasteiger partial charge in [0.2, 0.25) is 0 Å². The lowest BCUT2D eigenvalue weighted by molar-refractivity contribution is -0.168. The van der Waals surface area contributed by atoms with Gasteiger partial charge < -0.3 is 9.47 Å². The molecule has 1 unspecified atom stereocenters. The Morgan fingerprint density at radius 1 is 1.13 bits per heavy atom. The summed E-state index contributed by atoms with van der Waals surface area (Å²) in [5, 5.41) is 0. The van der Waals surface area contributed by atoms with Gasteiger partial charge in [-0.15, -0.1) is 0 Å². The largest absolute Gasteiger partial charge is 0.458 e. The Morgan fingerprint density at radius 2 is 1.70 bits per heavy atom. The lowest BCUT2D eigenvalue weighted by Gasteiger charge is -2.35. The van der Waals surface area contributed by atoms with Crippen LogP contribution in [0, 0.1) is 0 Å². The van der Waals surface area contributed by atoms with E-state index in [0.717, 1.165) is 4.31 Å². The summed E-state index contributed by atoms with van der Waals surface area (Å²) in [7, 11) is 0. The number of nitrogens with zero attached hydrogens (tertiary/aromatic N) is 1. The molecule has 7 nitrogen and oxygen atoms in total. The second-order valence-corrected chi connectivity index (χ2v) is 8.89. The molecule has 0 aromatic carbocycles. The van der Waals surface area contributed by atoms with Crippen molar-refractivity contribution in [2.24, 2.45) is 0 Å².